The van der Waals surface area contributed by atoms with E-state index in [2.05, 4.69) is 10.3 Å². The highest BCUT2D eigenvalue weighted by Gasteiger charge is 2.22. The monoisotopic (exact) mass is 413 g/mol. The van der Waals surface area contributed by atoms with Gasteiger partial charge in [-0.3, -0.25) is 14.6 Å². The Morgan fingerprint density at radius 2 is 1.68 bits per heavy atom. The summed E-state index contributed by atoms with van der Waals surface area (Å²) in [6.07, 6.45) is 3.15. The van der Waals surface area contributed by atoms with Gasteiger partial charge in [0.05, 0.1) is 17.1 Å². The van der Waals surface area contributed by atoms with Gasteiger partial charge in [-0.2, -0.15) is 0 Å². The highest BCUT2D eigenvalue weighted by atomic mass is 16.2. The van der Waals surface area contributed by atoms with E-state index in [1.165, 1.54) is 0 Å². The van der Waals surface area contributed by atoms with Crippen LogP contribution >= 0.6 is 0 Å². The zero-order chi connectivity index (χ0) is 21.8. The van der Waals surface area contributed by atoms with Gasteiger partial charge in [-0.1, -0.05) is 30.3 Å². The van der Waals surface area contributed by atoms with Gasteiger partial charge in [0.15, 0.2) is 0 Å². The summed E-state index contributed by atoms with van der Waals surface area (Å²) in [6.45, 7) is 1.97. The van der Waals surface area contributed by atoms with Gasteiger partial charge < -0.3 is 14.8 Å². The molecule has 0 aliphatic rings. The highest BCUT2D eigenvalue weighted by Crippen LogP contribution is 2.22. The van der Waals surface area contributed by atoms with E-state index in [1.54, 1.807) is 36.5 Å². The fraction of sp³-hybridized carbons (Fsp3) is 0.167. The first kappa shape index (κ1) is 20.3. The zero-order valence-electron chi connectivity index (χ0n) is 17.4. The predicted molar refractivity (Wildman–Crippen MR) is 120 cm³/mol. The minimum absolute atomic E-state index is 0.0803. The Balaban J connectivity index is 1.63. The van der Waals surface area contributed by atoms with Gasteiger partial charge in [-0.15, -0.1) is 0 Å². The third-order valence-electron chi connectivity index (χ3n) is 5.17. The molecule has 0 aliphatic carbocycles. The summed E-state index contributed by atoms with van der Waals surface area (Å²) < 4.78 is 1.87. The van der Waals surface area contributed by atoms with Crippen LogP contribution in [-0.4, -0.2) is 33.4 Å². The molecule has 7 nitrogen and oxygen atoms in total. The summed E-state index contributed by atoms with van der Waals surface area (Å²) >= 11 is 0. The van der Waals surface area contributed by atoms with Gasteiger partial charge in [0.1, 0.15) is 12.4 Å². The van der Waals surface area contributed by atoms with E-state index >= 15 is 0 Å². The summed E-state index contributed by atoms with van der Waals surface area (Å²) in [5.74, 6) is 0.322. The molecule has 2 aromatic heterocycles. The van der Waals surface area contributed by atoms with Crippen LogP contribution in [0.1, 0.15) is 29.1 Å². The van der Waals surface area contributed by atoms with Gasteiger partial charge in [0, 0.05) is 30.7 Å². The molecular weight excluding hydrogens is 390 g/mol. The second-order valence-corrected chi connectivity index (χ2v) is 7.26. The topological polar surface area (TPSA) is 80.1 Å². The van der Waals surface area contributed by atoms with E-state index < -0.39 is 6.04 Å². The predicted octanol–water partition coefficient (Wildman–Crippen LogP) is 3.59. The van der Waals surface area contributed by atoms with E-state index in [-0.39, 0.29) is 18.4 Å². The van der Waals surface area contributed by atoms with Crippen LogP contribution in [0, 0.1) is 0 Å². The average molecular weight is 413 g/mol. The number of amides is 2. The molecule has 31 heavy (non-hydrogen) atoms. The maximum absolute atomic E-state index is 13.1. The molecule has 4 aromatic rings. The lowest BCUT2D eigenvalue weighted by Crippen LogP contribution is -2.33. The van der Waals surface area contributed by atoms with Crippen molar-refractivity contribution in [2.24, 2.45) is 0 Å². The number of benzene rings is 2. The fourth-order valence-electron chi connectivity index (χ4n) is 3.48. The first-order valence-corrected chi connectivity index (χ1v) is 10.0. The highest BCUT2D eigenvalue weighted by molar-refractivity contribution is 5.95. The standard InChI is InChI=1S/C24H23N5O2/c1-17(26-24(31)18-12-14-25-15-13-18)23-27-20-10-6-7-11-21(20)29(23)16-22(30)28(2)19-8-4-3-5-9-19/h3-15,17H,16H2,1-2H3,(H,26,31). The van der Waals surface area contributed by atoms with E-state index in [0.29, 0.717) is 11.4 Å². The van der Waals surface area contributed by atoms with E-state index in [1.807, 2.05) is 66.1 Å². The first-order chi connectivity index (χ1) is 15.0. The number of aromatic nitrogens is 3. The van der Waals surface area contributed by atoms with Crippen molar-refractivity contribution in [3.8, 4) is 0 Å². The summed E-state index contributed by atoms with van der Waals surface area (Å²) in [7, 11) is 1.76. The number of para-hydroxylation sites is 3. The summed E-state index contributed by atoms with van der Waals surface area (Å²) in [5, 5.41) is 2.97. The van der Waals surface area contributed by atoms with Crippen molar-refractivity contribution in [3.05, 3.63) is 90.5 Å². The van der Waals surface area contributed by atoms with Gasteiger partial charge in [0.25, 0.3) is 5.91 Å². The Kier molecular flexibility index (Phi) is 5.75. The number of likely N-dealkylation sites (N-methyl/N-ethyl adjacent to an activating group) is 1. The third-order valence-corrected chi connectivity index (χ3v) is 5.17. The number of anilines is 1. The molecule has 2 aromatic carbocycles. The van der Waals surface area contributed by atoms with Crippen LogP contribution in [0.15, 0.2) is 79.1 Å². The Morgan fingerprint density at radius 3 is 2.42 bits per heavy atom. The minimum atomic E-state index is -0.400. The molecule has 1 N–H and O–H groups in total. The Bertz CT molecular complexity index is 1200. The molecule has 1 atom stereocenters. The van der Waals surface area contributed by atoms with Crippen molar-refractivity contribution < 1.29 is 9.59 Å². The molecule has 156 valence electrons. The molecule has 0 saturated carbocycles. The fourth-order valence-corrected chi connectivity index (χ4v) is 3.48. The number of pyridine rings is 1. The van der Waals surface area contributed by atoms with Crippen LogP contribution < -0.4 is 10.2 Å². The Hall–Kier alpha value is -4.00. The molecule has 4 rings (SSSR count). The lowest BCUT2D eigenvalue weighted by atomic mass is 10.2. The second kappa shape index (κ2) is 8.79. The minimum Gasteiger partial charge on any atom is -0.342 e. The Morgan fingerprint density at radius 1 is 1.00 bits per heavy atom. The Labute approximate surface area is 180 Å². The molecule has 0 bridgehead atoms. The van der Waals surface area contributed by atoms with E-state index in [0.717, 1.165) is 16.7 Å². The smallest absolute Gasteiger partial charge is 0.251 e. The van der Waals surface area contributed by atoms with E-state index in [4.69, 9.17) is 4.98 Å². The number of carbonyl (C=O) groups excluding carboxylic acids is 2. The van der Waals surface area contributed by atoms with Gasteiger partial charge >= 0.3 is 0 Å². The molecule has 0 aliphatic heterocycles. The largest absolute Gasteiger partial charge is 0.342 e. The van der Waals surface area contributed by atoms with Gasteiger partial charge in [-0.25, -0.2) is 4.98 Å². The summed E-state index contributed by atoms with van der Waals surface area (Å²) in [6, 6.07) is 20.0. The molecule has 2 heterocycles. The normalized spacial score (nSPS) is 11.8. The van der Waals surface area contributed by atoms with Gasteiger partial charge in [-0.05, 0) is 43.3 Å². The lowest BCUT2D eigenvalue weighted by Gasteiger charge is -2.20. The number of fused-ring (bicyclic) bond motifs is 1. The van der Waals surface area contributed by atoms with Crippen molar-refractivity contribution in [1.82, 2.24) is 19.9 Å². The number of hydrogen-bond donors (Lipinski definition) is 1. The molecule has 1 unspecified atom stereocenters. The second-order valence-electron chi connectivity index (χ2n) is 7.26. The SMILES string of the molecule is CC(NC(=O)c1ccncc1)c1nc2ccccc2n1CC(=O)N(C)c1ccccc1. The maximum Gasteiger partial charge on any atom is 0.251 e. The van der Waals surface area contributed by atoms with Crippen LogP contribution in [-0.2, 0) is 11.3 Å². The quantitative estimate of drug-likeness (QED) is 0.524. The summed E-state index contributed by atoms with van der Waals surface area (Å²) in [4.78, 5) is 36.0. The van der Waals surface area contributed by atoms with Crippen molar-refractivity contribution >= 4 is 28.5 Å². The number of nitrogens with zero attached hydrogens (tertiary/aromatic N) is 4. The first-order valence-electron chi connectivity index (χ1n) is 10.0. The molecule has 0 radical (unpaired) electrons. The molecule has 7 heteroatoms. The van der Waals surface area contributed by atoms with Crippen LogP contribution in [0.5, 0.6) is 0 Å². The van der Waals surface area contributed by atoms with Crippen molar-refractivity contribution in [2.75, 3.05) is 11.9 Å². The van der Waals surface area contributed by atoms with Crippen LogP contribution in [0.4, 0.5) is 5.69 Å². The van der Waals surface area contributed by atoms with Crippen molar-refractivity contribution in [2.45, 2.75) is 19.5 Å². The lowest BCUT2D eigenvalue weighted by molar-refractivity contribution is -0.118. The molecule has 0 fully saturated rings. The molecule has 2 amide bonds. The zero-order valence-corrected chi connectivity index (χ0v) is 17.4. The number of carbonyl (C=O) groups is 2. The van der Waals surface area contributed by atoms with Crippen molar-refractivity contribution in [1.29, 1.82) is 0 Å². The van der Waals surface area contributed by atoms with Crippen LogP contribution in [0.25, 0.3) is 11.0 Å². The third kappa shape index (κ3) is 4.30. The summed E-state index contributed by atoms with van der Waals surface area (Å²) in [5.41, 5.74) is 2.96. The van der Waals surface area contributed by atoms with Crippen molar-refractivity contribution in [3.63, 3.8) is 0 Å². The molecule has 0 saturated heterocycles. The van der Waals surface area contributed by atoms with Gasteiger partial charge in [0.2, 0.25) is 5.91 Å². The average Bonchev–Trinajstić information content (AvgIpc) is 3.18. The maximum atomic E-state index is 13.1. The molecular formula is C24H23N5O2. The van der Waals surface area contributed by atoms with E-state index in [9.17, 15) is 9.59 Å². The van der Waals surface area contributed by atoms with Crippen LogP contribution in [0.3, 0.4) is 0 Å². The molecule has 0 spiro atoms. The number of hydrogen-bond acceptors (Lipinski definition) is 4. The number of nitrogens with one attached hydrogen (secondary N) is 1. The van der Waals surface area contributed by atoms with Crippen LogP contribution in [0.2, 0.25) is 0 Å². The number of rotatable bonds is 6. The number of imidazole rings is 1.